The van der Waals surface area contributed by atoms with Crippen molar-refractivity contribution >= 4 is 29.1 Å². The topological polar surface area (TPSA) is 49.4 Å². The molecule has 114 valence electrons. The lowest BCUT2D eigenvalue weighted by molar-refractivity contribution is -0.127. The van der Waals surface area contributed by atoms with Crippen LogP contribution in [0.1, 0.15) is 20.3 Å². The molecular formula is C14H15ClF2N2O2. The van der Waals surface area contributed by atoms with E-state index < -0.39 is 29.0 Å². The van der Waals surface area contributed by atoms with Crippen LogP contribution in [0.3, 0.4) is 0 Å². The monoisotopic (exact) mass is 316 g/mol. The van der Waals surface area contributed by atoms with Crippen molar-refractivity contribution in [3.8, 4) is 0 Å². The fraction of sp³-hybridized carbons (Fsp3) is 0.429. The summed E-state index contributed by atoms with van der Waals surface area (Å²) in [6, 6.07) is 0.936. The van der Waals surface area contributed by atoms with Crippen molar-refractivity contribution in [2.75, 3.05) is 11.9 Å². The molecule has 1 heterocycles. The van der Waals surface area contributed by atoms with Gasteiger partial charge in [-0.2, -0.15) is 0 Å². The van der Waals surface area contributed by atoms with Gasteiger partial charge in [-0.3, -0.25) is 9.59 Å². The number of nitrogens with zero attached hydrogens (tertiary/aromatic N) is 1. The molecule has 0 aromatic heterocycles. The molecule has 1 saturated heterocycles. The van der Waals surface area contributed by atoms with Crippen LogP contribution in [0.15, 0.2) is 12.1 Å². The van der Waals surface area contributed by atoms with Crippen molar-refractivity contribution in [1.82, 2.24) is 5.32 Å². The summed E-state index contributed by atoms with van der Waals surface area (Å²) < 4.78 is 26.9. The largest absolute Gasteiger partial charge is 0.344 e. The smallest absolute Gasteiger partial charge is 0.249 e. The van der Waals surface area contributed by atoms with Crippen molar-refractivity contribution < 1.29 is 18.4 Å². The van der Waals surface area contributed by atoms with Crippen LogP contribution in [0, 0.1) is 17.0 Å². The van der Waals surface area contributed by atoms with E-state index in [0.29, 0.717) is 12.5 Å². The minimum absolute atomic E-state index is 0.134. The van der Waals surface area contributed by atoms with E-state index in [0.717, 1.165) is 11.0 Å². The lowest BCUT2D eigenvalue weighted by Crippen LogP contribution is -2.43. The molecule has 1 N–H and O–H groups in total. The molecular weight excluding hydrogens is 302 g/mol. The maximum Gasteiger partial charge on any atom is 0.249 e. The van der Waals surface area contributed by atoms with Gasteiger partial charge in [0.25, 0.3) is 0 Å². The molecule has 2 rings (SSSR count). The van der Waals surface area contributed by atoms with Gasteiger partial charge in [-0.15, -0.1) is 0 Å². The van der Waals surface area contributed by atoms with E-state index in [-0.39, 0.29) is 16.6 Å². The zero-order chi connectivity index (χ0) is 15.9. The van der Waals surface area contributed by atoms with Gasteiger partial charge in [0.2, 0.25) is 11.8 Å². The minimum Gasteiger partial charge on any atom is -0.344 e. The average molecular weight is 317 g/mol. The second kappa shape index (κ2) is 5.26. The van der Waals surface area contributed by atoms with E-state index in [1.165, 1.54) is 7.05 Å². The standard InChI is InChI=1S/C14H15ClF2N2O2/c1-14(2)6-10(18-13(14)21)12(20)19(3)11-4-7(15)8(16)5-9(11)17/h4-5,10H,6H2,1-3H3,(H,18,21)/t10-/m0/s1. The third-order valence-electron chi connectivity index (χ3n) is 3.61. The number of carbonyl (C=O) groups excluding carboxylic acids is 2. The van der Waals surface area contributed by atoms with Crippen LogP contribution in [0.5, 0.6) is 0 Å². The Morgan fingerprint density at radius 3 is 2.52 bits per heavy atom. The third kappa shape index (κ3) is 2.85. The van der Waals surface area contributed by atoms with Crippen molar-refractivity contribution in [1.29, 1.82) is 0 Å². The van der Waals surface area contributed by atoms with Crippen molar-refractivity contribution in [2.24, 2.45) is 5.41 Å². The van der Waals surface area contributed by atoms with Crippen LogP contribution in [-0.4, -0.2) is 24.9 Å². The molecule has 1 aromatic carbocycles. The van der Waals surface area contributed by atoms with Gasteiger partial charge < -0.3 is 10.2 Å². The Kier molecular flexibility index (Phi) is 3.93. The number of amides is 2. The quantitative estimate of drug-likeness (QED) is 0.852. The average Bonchev–Trinajstić information content (AvgIpc) is 2.66. The molecule has 1 atom stereocenters. The molecule has 21 heavy (non-hydrogen) atoms. The molecule has 4 nitrogen and oxygen atoms in total. The number of hydrogen-bond donors (Lipinski definition) is 1. The molecule has 7 heteroatoms. The fourth-order valence-corrected chi connectivity index (χ4v) is 2.44. The summed E-state index contributed by atoms with van der Waals surface area (Å²) in [5, 5.41) is 2.30. The Balaban J connectivity index is 2.25. The number of nitrogens with one attached hydrogen (secondary N) is 1. The first-order valence-electron chi connectivity index (χ1n) is 6.36. The summed E-state index contributed by atoms with van der Waals surface area (Å²) >= 11 is 5.61. The van der Waals surface area contributed by atoms with Gasteiger partial charge in [0.1, 0.15) is 17.7 Å². The van der Waals surface area contributed by atoms with Gasteiger partial charge >= 0.3 is 0 Å². The normalized spacial score (nSPS) is 20.3. The number of likely N-dealkylation sites (N-methyl/N-ethyl adjacent to an activating group) is 1. The van der Waals surface area contributed by atoms with E-state index in [2.05, 4.69) is 5.32 Å². The number of rotatable bonds is 2. The fourth-order valence-electron chi connectivity index (χ4n) is 2.28. The lowest BCUT2D eigenvalue weighted by atomic mass is 9.89. The van der Waals surface area contributed by atoms with Gasteiger partial charge in [-0.05, 0) is 12.5 Å². The van der Waals surface area contributed by atoms with Crippen LogP contribution < -0.4 is 10.2 Å². The number of halogens is 3. The molecule has 1 aromatic rings. The summed E-state index contributed by atoms with van der Waals surface area (Å²) in [5.41, 5.74) is -0.787. The summed E-state index contributed by atoms with van der Waals surface area (Å²) in [5.74, 6) is -2.49. The number of hydrogen-bond acceptors (Lipinski definition) is 2. The molecule has 0 radical (unpaired) electrons. The number of benzene rings is 1. The first-order valence-corrected chi connectivity index (χ1v) is 6.74. The second-order valence-electron chi connectivity index (χ2n) is 5.73. The Bertz CT molecular complexity index is 619. The van der Waals surface area contributed by atoms with Crippen LogP contribution in [0.2, 0.25) is 5.02 Å². The van der Waals surface area contributed by atoms with E-state index in [1.54, 1.807) is 13.8 Å². The molecule has 0 unspecified atom stereocenters. The van der Waals surface area contributed by atoms with Crippen molar-refractivity contribution in [3.05, 3.63) is 28.8 Å². The molecule has 0 aliphatic carbocycles. The van der Waals surface area contributed by atoms with Crippen LogP contribution in [-0.2, 0) is 9.59 Å². The van der Waals surface area contributed by atoms with Gasteiger partial charge in [-0.25, -0.2) is 8.78 Å². The highest BCUT2D eigenvalue weighted by Crippen LogP contribution is 2.31. The van der Waals surface area contributed by atoms with E-state index >= 15 is 0 Å². The van der Waals surface area contributed by atoms with Gasteiger partial charge in [0, 0.05) is 18.5 Å². The predicted molar refractivity (Wildman–Crippen MR) is 75.1 cm³/mol. The molecule has 1 fully saturated rings. The molecule has 1 aliphatic rings. The molecule has 0 spiro atoms. The van der Waals surface area contributed by atoms with Gasteiger partial charge in [0.05, 0.1) is 10.7 Å². The summed E-state index contributed by atoms with van der Waals surface area (Å²) in [6.07, 6.45) is 0.311. The highest BCUT2D eigenvalue weighted by molar-refractivity contribution is 6.31. The lowest BCUT2D eigenvalue weighted by Gasteiger charge is -2.22. The SMILES string of the molecule is CN(C(=O)[C@@H]1CC(C)(C)C(=O)N1)c1cc(Cl)c(F)cc1F. The molecule has 0 bridgehead atoms. The maximum atomic E-state index is 13.8. The van der Waals surface area contributed by atoms with Crippen molar-refractivity contribution in [2.45, 2.75) is 26.3 Å². The highest BCUT2D eigenvalue weighted by atomic mass is 35.5. The highest BCUT2D eigenvalue weighted by Gasteiger charge is 2.43. The first-order chi connectivity index (χ1) is 9.63. The van der Waals surface area contributed by atoms with E-state index in [9.17, 15) is 18.4 Å². The van der Waals surface area contributed by atoms with Gasteiger partial charge in [0.15, 0.2) is 0 Å². The second-order valence-corrected chi connectivity index (χ2v) is 6.14. The summed E-state index contributed by atoms with van der Waals surface area (Å²) in [6.45, 7) is 3.45. The Labute approximate surface area is 126 Å². The van der Waals surface area contributed by atoms with Crippen molar-refractivity contribution in [3.63, 3.8) is 0 Å². The molecule has 1 aliphatic heterocycles. The Morgan fingerprint density at radius 1 is 1.38 bits per heavy atom. The zero-order valence-electron chi connectivity index (χ0n) is 11.8. The maximum absolute atomic E-state index is 13.8. The first kappa shape index (κ1) is 15.7. The minimum atomic E-state index is -0.894. The molecule has 2 amide bonds. The number of anilines is 1. The summed E-state index contributed by atoms with van der Waals surface area (Å²) in [7, 11) is 1.35. The predicted octanol–water partition coefficient (Wildman–Crippen LogP) is 2.50. The van der Waals surface area contributed by atoms with Gasteiger partial charge in [-0.1, -0.05) is 25.4 Å². The zero-order valence-corrected chi connectivity index (χ0v) is 12.6. The van der Waals surface area contributed by atoms with E-state index in [4.69, 9.17) is 11.6 Å². The number of carbonyl (C=O) groups is 2. The molecule has 0 saturated carbocycles. The Hall–Kier alpha value is -1.69. The van der Waals surface area contributed by atoms with Crippen LogP contribution >= 0.6 is 11.6 Å². The third-order valence-corrected chi connectivity index (χ3v) is 3.90. The van der Waals surface area contributed by atoms with E-state index in [1.807, 2.05) is 0 Å². The Morgan fingerprint density at radius 2 is 2.00 bits per heavy atom. The van der Waals surface area contributed by atoms with Crippen LogP contribution in [0.4, 0.5) is 14.5 Å². The van der Waals surface area contributed by atoms with Crippen LogP contribution in [0.25, 0.3) is 0 Å². The summed E-state index contributed by atoms with van der Waals surface area (Å²) in [4.78, 5) is 25.1.